The molecule has 2 aromatic carbocycles. The number of sulfone groups is 1. The van der Waals surface area contributed by atoms with E-state index >= 15 is 0 Å². The van der Waals surface area contributed by atoms with Crippen LogP contribution < -0.4 is 9.91 Å². The van der Waals surface area contributed by atoms with Crippen molar-refractivity contribution in [1.29, 1.82) is 0 Å². The van der Waals surface area contributed by atoms with Crippen LogP contribution in [-0.4, -0.2) is 38.7 Å². The molecule has 0 unspecified atom stereocenters. The summed E-state index contributed by atoms with van der Waals surface area (Å²) >= 11 is 0. The molecule has 0 N–H and O–H groups in total. The fourth-order valence-electron chi connectivity index (χ4n) is 4.01. The van der Waals surface area contributed by atoms with Crippen LogP contribution in [-0.2, 0) is 25.8 Å². The second-order valence-corrected chi connectivity index (χ2v) is 10.2. The Kier molecular flexibility index (Phi) is 5.43. The van der Waals surface area contributed by atoms with Crippen LogP contribution in [0, 0.1) is 13.8 Å². The standard InChI is InChI=1S/C23H25N3O4S/c1-15-6-7-16(2)21(13-15)26-22(27)11-9-19(24-26)23(28)25-12-4-5-17-14-18(31(3,29)30)8-10-20(17)25/h6-8,10,13-14H,4-5,9,11-12H2,1-3H3. The van der Waals surface area contributed by atoms with Crippen molar-refractivity contribution in [2.45, 2.75) is 44.4 Å². The molecule has 31 heavy (non-hydrogen) atoms. The lowest BCUT2D eigenvalue weighted by Crippen LogP contribution is -2.43. The van der Waals surface area contributed by atoms with Crippen LogP contribution in [0.25, 0.3) is 0 Å². The van der Waals surface area contributed by atoms with E-state index in [4.69, 9.17) is 0 Å². The van der Waals surface area contributed by atoms with E-state index in [1.807, 2.05) is 32.0 Å². The predicted molar refractivity (Wildman–Crippen MR) is 120 cm³/mol. The Bertz CT molecular complexity index is 1220. The number of fused-ring (bicyclic) bond motifs is 1. The highest BCUT2D eigenvalue weighted by atomic mass is 32.2. The summed E-state index contributed by atoms with van der Waals surface area (Å²) in [4.78, 5) is 27.8. The molecule has 0 atom stereocenters. The number of carbonyl (C=O) groups excluding carboxylic acids is 2. The fraction of sp³-hybridized carbons (Fsp3) is 0.348. The zero-order valence-electron chi connectivity index (χ0n) is 17.9. The molecule has 0 aliphatic carbocycles. The van der Waals surface area contributed by atoms with Crippen LogP contribution >= 0.6 is 0 Å². The zero-order chi connectivity index (χ0) is 22.3. The predicted octanol–water partition coefficient (Wildman–Crippen LogP) is 3.17. The largest absolute Gasteiger partial charge is 0.307 e. The first kappa shape index (κ1) is 21.2. The number of hydrogen-bond acceptors (Lipinski definition) is 5. The van der Waals surface area contributed by atoms with E-state index in [0.29, 0.717) is 30.1 Å². The van der Waals surface area contributed by atoms with Gasteiger partial charge in [0.25, 0.3) is 5.91 Å². The van der Waals surface area contributed by atoms with Crippen LogP contribution in [0.5, 0.6) is 0 Å². The lowest BCUT2D eigenvalue weighted by atomic mass is 10.0. The summed E-state index contributed by atoms with van der Waals surface area (Å²) in [5.41, 5.74) is 4.48. The summed E-state index contributed by atoms with van der Waals surface area (Å²) in [6.07, 6.45) is 3.12. The van der Waals surface area contributed by atoms with Crippen LogP contribution in [0.15, 0.2) is 46.4 Å². The molecule has 0 bridgehead atoms. The van der Waals surface area contributed by atoms with Gasteiger partial charge >= 0.3 is 0 Å². The fourth-order valence-corrected chi connectivity index (χ4v) is 4.69. The molecule has 2 aliphatic rings. The number of hydrogen-bond donors (Lipinski definition) is 0. The second-order valence-electron chi connectivity index (χ2n) is 8.17. The molecule has 2 heterocycles. The first-order chi connectivity index (χ1) is 14.6. The summed E-state index contributed by atoms with van der Waals surface area (Å²) < 4.78 is 23.8. The van der Waals surface area contributed by atoms with Gasteiger partial charge < -0.3 is 4.90 Å². The molecule has 0 fully saturated rings. The number of rotatable bonds is 3. The minimum atomic E-state index is -3.32. The molecule has 8 heteroatoms. The molecule has 2 aromatic rings. The third-order valence-corrected chi connectivity index (χ3v) is 6.83. The maximum Gasteiger partial charge on any atom is 0.274 e. The Morgan fingerprint density at radius 1 is 1.00 bits per heavy atom. The summed E-state index contributed by atoms with van der Waals surface area (Å²) in [7, 11) is -3.32. The Labute approximate surface area is 182 Å². The van der Waals surface area contributed by atoms with Crippen molar-refractivity contribution in [3.63, 3.8) is 0 Å². The monoisotopic (exact) mass is 439 g/mol. The van der Waals surface area contributed by atoms with Gasteiger partial charge in [-0.3, -0.25) is 9.59 Å². The van der Waals surface area contributed by atoms with E-state index in [0.717, 1.165) is 23.1 Å². The van der Waals surface area contributed by atoms with Crippen molar-refractivity contribution in [2.24, 2.45) is 5.10 Å². The van der Waals surface area contributed by atoms with Crippen molar-refractivity contribution < 1.29 is 18.0 Å². The van der Waals surface area contributed by atoms with Crippen LogP contribution in [0.2, 0.25) is 0 Å². The summed E-state index contributed by atoms with van der Waals surface area (Å²) in [5, 5.41) is 5.80. The molecule has 0 radical (unpaired) electrons. The molecular weight excluding hydrogens is 414 g/mol. The summed E-state index contributed by atoms with van der Waals surface area (Å²) in [5.74, 6) is -0.377. The number of benzene rings is 2. The van der Waals surface area contributed by atoms with Crippen molar-refractivity contribution >= 4 is 38.7 Å². The number of amides is 2. The normalized spacial score (nSPS) is 16.7. The maximum atomic E-state index is 13.4. The van der Waals surface area contributed by atoms with Crippen LogP contribution in [0.4, 0.5) is 11.4 Å². The van der Waals surface area contributed by atoms with Gasteiger partial charge in [-0.25, -0.2) is 13.4 Å². The first-order valence-corrected chi connectivity index (χ1v) is 12.2. The van der Waals surface area contributed by atoms with E-state index in [9.17, 15) is 18.0 Å². The number of anilines is 2. The second kappa shape index (κ2) is 7.92. The molecule has 2 amide bonds. The highest BCUT2D eigenvalue weighted by Crippen LogP contribution is 2.31. The lowest BCUT2D eigenvalue weighted by Gasteiger charge is -2.32. The topological polar surface area (TPSA) is 87.1 Å². The van der Waals surface area contributed by atoms with E-state index in [2.05, 4.69) is 5.10 Å². The quantitative estimate of drug-likeness (QED) is 0.735. The van der Waals surface area contributed by atoms with E-state index in [1.165, 1.54) is 17.3 Å². The van der Waals surface area contributed by atoms with Gasteiger partial charge in [0.15, 0.2) is 9.84 Å². The zero-order valence-corrected chi connectivity index (χ0v) is 18.7. The first-order valence-electron chi connectivity index (χ1n) is 10.3. The van der Waals surface area contributed by atoms with E-state index in [-0.39, 0.29) is 29.6 Å². The Hall–Kier alpha value is -3.00. The Morgan fingerprint density at radius 2 is 1.77 bits per heavy atom. The van der Waals surface area contributed by atoms with Gasteiger partial charge in [0.1, 0.15) is 5.71 Å². The molecule has 0 aromatic heterocycles. The molecule has 0 saturated carbocycles. The van der Waals surface area contributed by atoms with E-state index in [1.54, 1.807) is 17.0 Å². The number of hydrazone groups is 1. The summed E-state index contributed by atoms with van der Waals surface area (Å²) in [6, 6.07) is 10.7. The van der Waals surface area contributed by atoms with Crippen molar-refractivity contribution in [3.05, 3.63) is 53.1 Å². The minimum Gasteiger partial charge on any atom is -0.307 e. The molecule has 0 spiro atoms. The average Bonchev–Trinajstić information content (AvgIpc) is 2.74. The third-order valence-electron chi connectivity index (χ3n) is 5.72. The maximum absolute atomic E-state index is 13.4. The van der Waals surface area contributed by atoms with Gasteiger partial charge in [-0.1, -0.05) is 12.1 Å². The number of nitrogens with zero attached hydrogens (tertiary/aromatic N) is 3. The van der Waals surface area contributed by atoms with E-state index < -0.39 is 9.84 Å². The van der Waals surface area contributed by atoms with Crippen molar-refractivity contribution in [3.8, 4) is 0 Å². The Balaban J connectivity index is 1.69. The average molecular weight is 440 g/mol. The summed E-state index contributed by atoms with van der Waals surface area (Å²) in [6.45, 7) is 4.39. The molecule has 2 aliphatic heterocycles. The van der Waals surface area contributed by atoms with Gasteiger partial charge in [0.2, 0.25) is 5.91 Å². The van der Waals surface area contributed by atoms with Gasteiger partial charge in [0, 0.05) is 31.3 Å². The Morgan fingerprint density at radius 3 is 2.52 bits per heavy atom. The number of aryl methyl sites for hydroxylation is 3. The molecule has 7 nitrogen and oxygen atoms in total. The highest BCUT2D eigenvalue weighted by molar-refractivity contribution is 7.90. The molecule has 4 rings (SSSR count). The van der Waals surface area contributed by atoms with Gasteiger partial charge in [0.05, 0.1) is 10.6 Å². The highest BCUT2D eigenvalue weighted by Gasteiger charge is 2.31. The molecule has 162 valence electrons. The van der Waals surface area contributed by atoms with Crippen LogP contribution in [0.1, 0.15) is 36.0 Å². The smallest absolute Gasteiger partial charge is 0.274 e. The minimum absolute atomic E-state index is 0.137. The van der Waals surface area contributed by atoms with Crippen molar-refractivity contribution in [2.75, 3.05) is 22.7 Å². The van der Waals surface area contributed by atoms with Crippen molar-refractivity contribution in [1.82, 2.24) is 0 Å². The SMILES string of the molecule is Cc1ccc(C)c(N2N=C(C(=O)N3CCCc4cc(S(C)(=O)=O)ccc43)CCC2=O)c1. The lowest BCUT2D eigenvalue weighted by molar-refractivity contribution is -0.118. The van der Waals surface area contributed by atoms with Gasteiger partial charge in [-0.15, -0.1) is 0 Å². The van der Waals surface area contributed by atoms with Gasteiger partial charge in [-0.05, 0) is 67.6 Å². The van der Waals surface area contributed by atoms with Gasteiger partial charge in [-0.2, -0.15) is 5.10 Å². The molecular formula is C23H25N3O4S. The number of carbonyl (C=O) groups is 2. The van der Waals surface area contributed by atoms with Crippen LogP contribution in [0.3, 0.4) is 0 Å². The third kappa shape index (κ3) is 4.12. The molecule has 0 saturated heterocycles.